The van der Waals surface area contributed by atoms with Gasteiger partial charge in [0.25, 0.3) is 0 Å². The molecule has 1 saturated heterocycles. The number of hydrogen-bond donors (Lipinski definition) is 2. The van der Waals surface area contributed by atoms with Crippen LogP contribution in [0.15, 0.2) is 65.9 Å². The first-order valence-electron chi connectivity index (χ1n) is 11.2. The number of ether oxygens (including phenoxy) is 1. The Morgan fingerprint density at radius 1 is 1.00 bits per heavy atom. The highest BCUT2D eigenvalue weighted by molar-refractivity contribution is 6.30. The van der Waals surface area contributed by atoms with E-state index in [0.717, 1.165) is 38.3 Å². The first-order valence-corrected chi connectivity index (χ1v) is 11.6. The second-order valence-corrected chi connectivity index (χ2v) is 8.67. The van der Waals surface area contributed by atoms with Gasteiger partial charge in [-0.1, -0.05) is 54.1 Å². The molecule has 0 bridgehead atoms. The van der Waals surface area contributed by atoms with E-state index < -0.39 is 12.0 Å². The Labute approximate surface area is 199 Å². The predicted molar refractivity (Wildman–Crippen MR) is 128 cm³/mol. The molecular weight excluding hydrogens is 440 g/mol. The number of carbonyl (C=O) groups is 2. The minimum absolute atomic E-state index is 0.259. The molecule has 2 aliphatic heterocycles. The Kier molecular flexibility index (Phi) is 7.65. The van der Waals surface area contributed by atoms with Crippen LogP contribution in [-0.2, 0) is 16.1 Å². The quantitative estimate of drug-likeness (QED) is 0.610. The van der Waals surface area contributed by atoms with Crippen molar-refractivity contribution in [3.63, 3.8) is 0 Å². The lowest BCUT2D eigenvalue weighted by atomic mass is 9.95. The number of nitrogens with one attached hydrogen (secondary N) is 2. The van der Waals surface area contributed by atoms with Gasteiger partial charge in [0.2, 0.25) is 0 Å². The molecule has 7 nitrogen and oxygen atoms in total. The molecule has 2 aliphatic rings. The molecule has 0 spiro atoms. The molecule has 2 amide bonds. The largest absolute Gasteiger partial charge is 0.463 e. The first kappa shape index (κ1) is 23.3. The third kappa shape index (κ3) is 5.93. The fourth-order valence-corrected chi connectivity index (χ4v) is 4.39. The van der Waals surface area contributed by atoms with Crippen molar-refractivity contribution in [1.82, 2.24) is 20.4 Å². The van der Waals surface area contributed by atoms with Crippen molar-refractivity contribution in [2.75, 3.05) is 39.3 Å². The molecule has 174 valence electrons. The summed E-state index contributed by atoms with van der Waals surface area (Å²) < 4.78 is 5.35. The van der Waals surface area contributed by atoms with E-state index in [4.69, 9.17) is 16.3 Å². The Hall–Kier alpha value is -2.87. The van der Waals surface area contributed by atoms with Gasteiger partial charge in [-0.15, -0.1) is 0 Å². The SMILES string of the molecule is CCOC(=O)C1=C(CN2CCN(Cc3ccccc3)CC2)NC(=O)N[C@H]1c1ccc(Cl)cc1. The summed E-state index contributed by atoms with van der Waals surface area (Å²) in [5, 5.41) is 6.32. The van der Waals surface area contributed by atoms with Gasteiger partial charge in [-0.25, -0.2) is 9.59 Å². The van der Waals surface area contributed by atoms with Gasteiger partial charge in [0.1, 0.15) is 0 Å². The van der Waals surface area contributed by atoms with Gasteiger partial charge in [-0.2, -0.15) is 0 Å². The number of benzene rings is 2. The van der Waals surface area contributed by atoms with Gasteiger partial charge in [-0.3, -0.25) is 9.80 Å². The lowest BCUT2D eigenvalue weighted by Gasteiger charge is -2.37. The fourth-order valence-electron chi connectivity index (χ4n) is 4.27. The Bertz CT molecular complexity index is 1000. The summed E-state index contributed by atoms with van der Waals surface area (Å²) in [5.41, 5.74) is 3.11. The van der Waals surface area contributed by atoms with Crippen LogP contribution >= 0.6 is 11.6 Å². The van der Waals surface area contributed by atoms with Crippen LogP contribution in [-0.4, -0.2) is 61.1 Å². The third-order valence-corrected chi connectivity index (χ3v) is 6.20. The molecule has 0 saturated carbocycles. The van der Waals surface area contributed by atoms with Crippen molar-refractivity contribution in [3.8, 4) is 0 Å². The van der Waals surface area contributed by atoms with Gasteiger partial charge in [0, 0.05) is 50.0 Å². The maximum atomic E-state index is 12.9. The molecule has 33 heavy (non-hydrogen) atoms. The zero-order chi connectivity index (χ0) is 23.2. The number of halogens is 1. The Morgan fingerprint density at radius 3 is 2.27 bits per heavy atom. The molecule has 0 radical (unpaired) electrons. The number of hydrogen-bond acceptors (Lipinski definition) is 5. The van der Waals surface area contributed by atoms with Gasteiger partial charge < -0.3 is 15.4 Å². The van der Waals surface area contributed by atoms with E-state index >= 15 is 0 Å². The number of piperazine rings is 1. The first-order chi connectivity index (χ1) is 16.0. The number of esters is 1. The molecule has 1 fully saturated rings. The normalized spacial score (nSPS) is 19.7. The second kappa shape index (κ2) is 10.8. The molecule has 4 rings (SSSR count). The summed E-state index contributed by atoms with van der Waals surface area (Å²) in [5.74, 6) is -0.428. The number of carbonyl (C=O) groups excluding carboxylic acids is 2. The second-order valence-electron chi connectivity index (χ2n) is 8.23. The van der Waals surface area contributed by atoms with Crippen molar-refractivity contribution in [2.45, 2.75) is 19.5 Å². The van der Waals surface area contributed by atoms with Crippen LogP contribution in [0.4, 0.5) is 4.79 Å². The highest BCUT2D eigenvalue weighted by Gasteiger charge is 2.34. The maximum Gasteiger partial charge on any atom is 0.338 e. The molecule has 2 N–H and O–H groups in total. The lowest BCUT2D eigenvalue weighted by molar-refractivity contribution is -0.139. The van der Waals surface area contributed by atoms with Crippen LogP contribution in [0.2, 0.25) is 5.02 Å². The minimum Gasteiger partial charge on any atom is -0.463 e. The van der Waals surface area contributed by atoms with Crippen LogP contribution in [0.25, 0.3) is 0 Å². The van der Waals surface area contributed by atoms with E-state index in [1.807, 2.05) is 18.2 Å². The van der Waals surface area contributed by atoms with Gasteiger partial charge in [0.05, 0.1) is 18.2 Å². The zero-order valence-corrected chi connectivity index (χ0v) is 19.5. The molecule has 8 heteroatoms. The molecular formula is C25H29ClN4O3. The molecule has 2 aromatic rings. The van der Waals surface area contributed by atoms with E-state index in [1.165, 1.54) is 5.56 Å². The van der Waals surface area contributed by atoms with Crippen LogP contribution < -0.4 is 10.6 Å². The van der Waals surface area contributed by atoms with Crippen molar-refractivity contribution < 1.29 is 14.3 Å². The van der Waals surface area contributed by atoms with Gasteiger partial charge in [-0.05, 0) is 30.2 Å². The van der Waals surface area contributed by atoms with E-state index in [9.17, 15) is 9.59 Å². The smallest absolute Gasteiger partial charge is 0.338 e. The van der Waals surface area contributed by atoms with E-state index in [2.05, 4.69) is 44.7 Å². The third-order valence-electron chi connectivity index (χ3n) is 5.95. The average molecular weight is 469 g/mol. The summed E-state index contributed by atoms with van der Waals surface area (Å²) in [6.07, 6.45) is 0. The molecule has 2 aromatic carbocycles. The molecule has 0 aliphatic carbocycles. The Balaban J connectivity index is 1.50. The highest BCUT2D eigenvalue weighted by Crippen LogP contribution is 2.29. The van der Waals surface area contributed by atoms with E-state index in [0.29, 0.717) is 22.8 Å². The summed E-state index contributed by atoms with van der Waals surface area (Å²) >= 11 is 6.03. The van der Waals surface area contributed by atoms with Crippen LogP contribution in [0.1, 0.15) is 24.1 Å². The summed E-state index contributed by atoms with van der Waals surface area (Å²) in [6, 6.07) is 16.6. The van der Waals surface area contributed by atoms with Crippen LogP contribution in [0.3, 0.4) is 0 Å². The predicted octanol–water partition coefficient (Wildman–Crippen LogP) is 3.33. The highest BCUT2D eigenvalue weighted by atomic mass is 35.5. The molecule has 1 atom stereocenters. The van der Waals surface area contributed by atoms with Crippen molar-refractivity contribution in [2.24, 2.45) is 0 Å². The number of nitrogens with zero attached hydrogens (tertiary/aromatic N) is 2. The molecule has 2 heterocycles. The van der Waals surface area contributed by atoms with Crippen molar-refractivity contribution in [3.05, 3.63) is 82.0 Å². The average Bonchev–Trinajstić information content (AvgIpc) is 2.81. The number of amides is 2. The number of urea groups is 1. The van der Waals surface area contributed by atoms with Crippen LogP contribution in [0.5, 0.6) is 0 Å². The molecule has 0 aromatic heterocycles. The van der Waals surface area contributed by atoms with E-state index in [1.54, 1.807) is 19.1 Å². The van der Waals surface area contributed by atoms with Gasteiger partial charge in [0.15, 0.2) is 0 Å². The van der Waals surface area contributed by atoms with Crippen LogP contribution in [0, 0.1) is 0 Å². The minimum atomic E-state index is -0.593. The maximum absolute atomic E-state index is 12.9. The molecule has 0 unspecified atom stereocenters. The standard InChI is InChI=1S/C25H29ClN4O3/c1-2-33-24(31)22-21(27-25(32)28-23(22)19-8-10-20(26)11-9-19)17-30-14-12-29(13-15-30)16-18-6-4-3-5-7-18/h3-11,23H,2,12-17H2,1H3,(H2,27,28,32)/t23-/m0/s1. The van der Waals surface area contributed by atoms with Crippen molar-refractivity contribution >= 4 is 23.6 Å². The van der Waals surface area contributed by atoms with Crippen molar-refractivity contribution in [1.29, 1.82) is 0 Å². The lowest BCUT2D eigenvalue weighted by Crippen LogP contribution is -2.51. The summed E-state index contributed by atoms with van der Waals surface area (Å²) in [4.78, 5) is 30.1. The fraction of sp³-hybridized carbons (Fsp3) is 0.360. The Morgan fingerprint density at radius 2 is 1.64 bits per heavy atom. The van der Waals surface area contributed by atoms with E-state index in [-0.39, 0.29) is 12.6 Å². The summed E-state index contributed by atoms with van der Waals surface area (Å²) in [7, 11) is 0. The number of rotatable bonds is 7. The van der Waals surface area contributed by atoms with Gasteiger partial charge >= 0.3 is 12.0 Å². The zero-order valence-electron chi connectivity index (χ0n) is 18.7. The summed E-state index contributed by atoms with van der Waals surface area (Å²) in [6.45, 7) is 6.97. The monoisotopic (exact) mass is 468 g/mol. The topological polar surface area (TPSA) is 73.9 Å².